The molecule has 0 saturated heterocycles. The van der Waals surface area contributed by atoms with E-state index < -0.39 is 10.0 Å². The van der Waals surface area contributed by atoms with Gasteiger partial charge in [0.15, 0.2) is 0 Å². The number of ether oxygens (including phenoxy) is 1. The SMILES string of the molecule is C=CCOc1cccc(NS(=O)(=O)c2ccc(NC(C)=O)cc2)c1. The molecule has 24 heavy (non-hydrogen) atoms. The summed E-state index contributed by atoms with van der Waals surface area (Å²) in [6.07, 6.45) is 1.60. The molecule has 0 heterocycles. The maximum atomic E-state index is 12.4. The van der Waals surface area contributed by atoms with Gasteiger partial charge >= 0.3 is 0 Å². The van der Waals surface area contributed by atoms with Gasteiger partial charge in [-0.15, -0.1) is 0 Å². The van der Waals surface area contributed by atoms with E-state index in [4.69, 9.17) is 4.74 Å². The van der Waals surface area contributed by atoms with Gasteiger partial charge in [0, 0.05) is 18.7 Å². The summed E-state index contributed by atoms with van der Waals surface area (Å²) >= 11 is 0. The van der Waals surface area contributed by atoms with Crippen molar-refractivity contribution in [1.29, 1.82) is 0 Å². The Balaban J connectivity index is 2.15. The van der Waals surface area contributed by atoms with Crippen LogP contribution in [0.1, 0.15) is 6.92 Å². The first-order valence-electron chi connectivity index (χ1n) is 7.15. The summed E-state index contributed by atoms with van der Waals surface area (Å²) in [6.45, 7) is 5.28. The number of carbonyl (C=O) groups is 1. The zero-order chi connectivity index (χ0) is 17.6. The molecule has 0 unspecified atom stereocenters. The van der Waals surface area contributed by atoms with E-state index in [9.17, 15) is 13.2 Å². The van der Waals surface area contributed by atoms with Gasteiger partial charge in [-0.05, 0) is 36.4 Å². The molecule has 0 spiro atoms. The van der Waals surface area contributed by atoms with Crippen molar-refractivity contribution in [1.82, 2.24) is 0 Å². The fraction of sp³-hybridized carbons (Fsp3) is 0.118. The molecule has 2 N–H and O–H groups in total. The lowest BCUT2D eigenvalue weighted by atomic mass is 10.3. The molecule has 0 aliphatic heterocycles. The lowest BCUT2D eigenvalue weighted by molar-refractivity contribution is -0.114. The van der Waals surface area contributed by atoms with Crippen molar-refractivity contribution in [3.63, 3.8) is 0 Å². The predicted molar refractivity (Wildman–Crippen MR) is 93.7 cm³/mol. The predicted octanol–water partition coefficient (Wildman–Crippen LogP) is 3.01. The Morgan fingerprint density at radius 2 is 1.88 bits per heavy atom. The van der Waals surface area contributed by atoms with Crippen molar-refractivity contribution < 1.29 is 17.9 Å². The Morgan fingerprint density at radius 1 is 1.17 bits per heavy atom. The number of carbonyl (C=O) groups excluding carboxylic acids is 1. The molecule has 0 bridgehead atoms. The third kappa shape index (κ3) is 4.85. The monoisotopic (exact) mass is 346 g/mol. The quantitative estimate of drug-likeness (QED) is 0.755. The number of hydrogen-bond donors (Lipinski definition) is 2. The van der Waals surface area contributed by atoms with E-state index in [1.807, 2.05) is 0 Å². The first-order chi connectivity index (χ1) is 11.4. The first-order valence-corrected chi connectivity index (χ1v) is 8.63. The molecule has 6 nitrogen and oxygen atoms in total. The zero-order valence-corrected chi connectivity index (χ0v) is 14.0. The van der Waals surface area contributed by atoms with Gasteiger partial charge in [-0.3, -0.25) is 9.52 Å². The van der Waals surface area contributed by atoms with Crippen LogP contribution in [0.5, 0.6) is 5.75 Å². The number of anilines is 2. The molecule has 0 fully saturated rings. The highest BCUT2D eigenvalue weighted by Crippen LogP contribution is 2.22. The normalized spacial score (nSPS) is 10.7. The molecule has 2 rings (SSSR count). The summed E-state index contributed by atoms with van der Waals surface area (Å²) in [5, 5.41) is 2.58. The molecular formula is C17H18N2O4S. The van der Waals surface area contributed by atoms with Crippen LogP contribution in [-0.2, 0) is 14.8 Å². The Bertz CT molecular complexity index is 830. The van der Waals surface area contributed by atoms with Gasteiger partial charge in [0.05, 0.1) is 10.6 Å². The molecular weight excluding hydrogens is 328 g/mol. The summed E-state index contributed by atoms with van der Waals surface area (Å²) in [4.78, 5) is 11.1. The molecule has 0 aromatic heterocycles. The third-order valence-electron chi connectivity index (χ3n) is 2.94. The fourth-order valence-corrected chi connectivity index (χ4v) is 2.99. The van der Waals surface area contributed by atoms with Gasteiger partial charge in [0.1, 0.15) is 12.4 Å². The van der Waals surface area contributed by atoms with Crippen molar-refractivity contribution in [2.45, 2.75) is 11.8 Å². The Labute approximate surface area is 141 Å². The number of rotatable bonds is 7. The van der Waals surface area contributed by atoms with E-state index in [1.165, 1.54) is 31.2 Å². The van der Waals surface area contributed by atoms with E-state index in [1.54, 1.807) is 30.3 Å². The molecule has 0 radical (unpaired) electrons. The summed E-state index contributed by atoms with van der Waals surface area (Å²) in [5.41, 5.74) is 0.920. The van der Waals surface area contributed by atoms with Gasteiger partial charge in [-0.25, -0.2) is 8.42 Å². The topological polar surface area (TPSA) is 84.5 Å². The number of nitrogens with one attached hydrogen (secondary N) is 2. The lowest BCUT2D eigenvalue weighted by Gasteiger charge is -2.10. The molecule has 0 atom stereocenters. The molecule has 0 aliphatic rings. The fourth-order valence-electron chi connectivity index (χ4n) is 1.94. The van der Waals surface area contributed by atoms with E-state index in [0.717, 1.165) is 0 Å². The van der Waals surface area contributed by atoms with E-state index in [0.29, 0.717) is 23.7 Å². The van der Waals surface area contributed by atoms with Crippen LogP contribution in [-0.4, -0.2) is 20.9 Å². The maximum Gasteiger partial charge on any atom is 0.261 e. The number of sulfonamides is 1. The average Bonchev–Trinajstić information content (AvgIpc) is 2.53. The minimum atomic E-state index is -3.73. The van der Waals surface area contributed by atoms with Crippen molar-refractivity contribution in [3.8, 4) is 5.75 Å². The molecule has 0 saturated carbocycles. The highest BCUT2D eigenvalue weighted by Gasteiger charge is 2.14. The summed E-state index contributed by atoms with van der Waals surface area (Å²) in [5.74, 6) is 0.316. The molecule has 126 valence electrons. The summed E-state index contributed by atoms with van der Waals surface area (Å²) in [6, 6.07) is 12.5. The smallest absolute Gasteiger partial charge is 0.261 e. The van der Waals surface area contributed by atoms with Crippen LogP contribution in [0.2, 0.25) is 0 Å². The Morgan fingerprint density at radius 3 is 2.50 bits per heavy atom. The maximum absolute atomic E-state index is 12.4. The van der Waals surface area contributed by atoms with Crippen molar-refractivity contribution in [3.05, 3.63) is 61.2 Å². The molecule has 7 heteroatoms. The van der Waals surface area contributed by atoms with Crippen LogP contribution in [0.25, 0.3) is 0 Å². The van der Waals surface area contributed by atoms with Crippen LogP contribution in [0.4, 0.5) is 11.4 Å². The van der Waals surface area contributed by atoms with Crippen LogP contribution >= 0.6 is 0 Å². The first kappa shape index (κ1) is 17.6. The summed E-state index contributed by atoms with van der Waals surface area (Å²) < 4.78 is 32.7. The molecule has 1 amide bonds. The van der Waals surface area contributed by atoms with E-state index in [-0.39, 0.29) is 10.8 Å². The van der Waals surface area contributed by atoms with Gasteiger partial charge in [-0.2, -0.15) is 0 Å². The van der Waals surface area contributed by atoms with Gasteiger partial charge < -0.3 is 10.1 Å². The second kappa shape index (κ2) is 7.65. The highest BCUT2D eigenvalue weighted by atomic mass is 32.2. The largest absolute Gasteiger partial charge is 0.489 e. The molecule has 2 aromatic carbocycles. The molecule has 2 aromatic rings. The van der Waals surface area contributed by atoms with Crippen LogP contribution < -0.4 is 14.8 Å². The standard InChI is InChI=1S/C17H18N2O4S/c1-3-11-23-16-6-4-5-15(12-16)19-24(21,22)17-9-7-14(8-10-17)18-13(2)20/h3-10,12,19H,1,11H2,2H3,(H,18,20). The Hall–Kier alpha value is -2.80. The Kier molecular flexibility index (Phi) is 5.59. The third-order valence-corrected chi connectivity index (χ3v) is 4.34. The van der Waals surface area contributed by atoms with E-state index in [2.05, 4.69) is 16.6 Å². The van der Waals surface area contributed by atoms with Gasteiger partial charge in [0.25, 0.3) is 10.0 Å². The van der Waals surface area contributed by atoms with Gasteiger partial charge in [-0.1, -0.05) is 18.7 Å². The van der Waals surface area contributed by atoms with Crippen LogP contribution in [0.15, 0.2) is 66.1 Å². The second-order valence-corrected chi connectivity index (χ2v) is 6.62. The van der Waals surface area contributed by atoms with Crippen LogP contribution in [0, 0.1) is 0 Å². The van der Waals surface area contributed by atoms with E-state index >= 15 is 0 Å². The minimum absolute atomic E-state index is 0.0917. The lowest BCUT2D eigenvalue weighted by Crippen LogP contribution is -2.13. The molecule has 0 aliphatic carbocycles. The van der Waals surface area contributed by atoms with Crippen molar-refractivity contribution >= 4 is 27.3 Å². The number of benzene rings is 2. The highest BCUT2D eigenvalue weighted by molar-refractivity contribution is 7.92. The second-order valence-electron chi connectivity index (χ2n) is 4.94. The number of amides is 1. The van der Waals surface area contributed by atoms with Crippen LogP contribution in [0.3, 0.4) is 0 Å². The van der Waals surface area contributed by atoms with Crippen molar-refractivity contribution in [2.24, 2.45) is 0 Å². The van der Waals surface area contributed by atoms with Crippen molar-refractivity contribution in [2.75, 3.05) is 16.6 Å². The number of hydrogen-bond acceptors (Lipinski definition) is 4. The zero-order valence-electron chi connectivity index (χ0n) is 13.2. The average molecular weight is 346 g/mol. The minimum Gasteiger partial charge on any atom is -0.489 e. The van der Waals surface area contributed by atoms with Gasteiger partial charge in [0.2, 0.25) is 5.91 Å². The summed E-state index contributed by atoms with van der Waals surface area (Å²) in [7, 11) is -3.73.